The number of hydrogen-bond donors (Lipinski definition) is 1. The largest absolute Gasteiger partial charge is 0.335 e. The van der Waals surface area contributed by atoms with E-state index in [4.69, 9.17) is 0 Å². The summed E-state index contributed by atoms with van der Waals surface area (Å²) < 4.78 is 13.2. The van der Waals surface area contributed by atoms with Crippen molar-refractivity contribution in [2.24, 2.45) is 5.92 Å². The van der Waals surface area contributed by atoms with Gasteiger partial charge in [-0.15, -0.1) is 12.4 Å². The number of rotatable bonds is 6. The van der Waals surface area contributed by atoms with E-state index in [0.717, 1.165) is 18.0 Å². The van der Waals surface area contributed by atoms with Crippen molar-refractivity contribution >= 4 is 24.2 Å². The van der Waals surface area contributed by atoms with Gasteiger partial charge in [0.1, 0.15) is 5.82 Å². The number of amides is 2. The molecule has 2 fully saturated rings. The van der Waals surface area contributed by atoms with E-state index in [-0.39, 0.29) is 36.6 Å². The quantitative estimate of drug-likeness (QED) is 0.839. The highest BCUT2D eigenvalue weighted by molar-refractivity contribution is 5.86. The normalized spacial score (nSPS) is 17.6. The highest BCUT2D eigenvalue weighted by Gasteiger charge is 2.27. The third-order valence-corrected chi connectivity index (χ3v) is 4.34. The molecule has 1 aromatic rings. The summed E-state index contributed by atoms with van der Waals surface area (Å²) in [7, 11) is 0. The van der Waals surface area contributed by atoms with Crippen LogP contribution in [-0.4, -0.2) is 54.3 Å². The molecule has 1 aromatic carbocycles. The summed E-state index contributed by atoms with van der Waals surface area (Å²) in [5.74, 6) is 0.318. The van der Waals surface area contributed by atoms with Crippen LogP contribution in [0.2, 0.25) is 0 Å². The van der Waals surface area contributed by atoms with Gasteiger partial charge in [0, 0.05) is 19.6 Å². The SMILES string of the molecule is Cl.O=C(CNCC1CC1)N1CCN(Cc2cccc(F)c2)C(=O)C1. The zero-order valence-electron chi connectivity index (χ0n) is 13.5. The molecule has 1 saturated heterocycles. The van der Waals surface area contributed by atoms with E-state index < -0.39 is 0 Å². The molecule has 0 radical (unpaired) electrons. The van der Waals surface area contributed by atoms with Crippen LogP contribution in [0.1, 0.15) is 18.4 Å². The van der Waals surface area contributed by atoms with Crippen molar-refractivity contribution in [3.8, 4) is 0 Å². The Morgan fingerprint density at radius 1 is 1.29 bits per heavy atom. The van der Waals surface area contributed by atoms with Gasteiger partial charge in [-0.3, -0.25) is 9.59 Å². The first-order chi connectivity index (χ1) is 11.1. The zero-order valence-corrected chi connectivity index (χ0v) is 14.4. The first-order valence-electron chi connectivity index (χ1n) is 8.12. The van der Waals surface area contributed by atoms with Gasteiger partial charge < -0.3 is 15.1 Å². The maximum atomic E-state index is 13.2. The molecule has 3 rings (SSSR count). The monoisotopic (exact) mass is 355 g/mol. The summed E-state index contributed by atoms with van der Waals surface area (Å²) in [6.45, 7) is 2.71. The summed E-state index contributed by atoms with van der Waals surface area (Å²) >= 11 is 0. The molecule has 24 heavy (non-hydrogen) atoms. The molecule has 132 valence electrons. The molecular formula is C17H23ClFN3O2. The molecule has 0 atom stereocenters. The predicted molar refractivity (Wildman–Crippen MR) is 91.2 cm³/mol. The molecule has 1 aliphatic heterocycles. The summed E-state index contributed by atoms with van der Waals surface area (Å²) in [5, 5.41) is 3.16. The highest BCUT2D eigenvalue weighted by Crippen LogP contribution is 2.27. The Hall–Kier alpha value is -1.66. The molecule has 2 aliphatic rings. The van der Waals surface area contributed by atoms with Crippen LogP contribution < -0.4 is 5.32 Å². The fraction of sp³-hybridized carbons (Fsp3) is 0.529. The van der Waals surface area contributed by atoms with E-state index in [1.165, 1.54) is 25.0 Å². The van der Waals surface area contributed by atoms with Gasteiger partial charge in [0.25, 0.3) is 0 Å². The van der Waals surface area contributed by atoms with Crippen molar-refractivity contribution in [1.29, 1.82) is 0 Å². The van der Waals surface area contributed by atoms with Crippen molar-refractivity contribution in [3.63, 3.8) is 0 Å². The lowest BCUT2D eigenvalue weighted by molar-refractivity contribution is -0.145. The van der Waals surface area contributed by atoms with E-state index in [2.05, 4.69) is 5.32 Å². The van der Waals surface area contributed by atoms with Crippen LogP contribution in [-0.2, 0) is 16.1 Å². The van der Waals surface area contributed by atoms with Crippen LogP contribution in [0.15, 0.2) is 24.3 Å². The maximum Gasteiger partial charge on any atom is 0.242 e. The molecule has 7 heteroatoms. The van der Waals surface area contributed by atoms with E-state index in [1.807, 2.05) is 0 Å². The molecule has 0 bridgehead atoms. The average molecular weight is 356 g/mol. The van der Waals surface area contributed by atoms with Gasteiger partial charge in [-0.2, -0.15) is 0 Å². The Morgan fingerprint density at radius 2 is 2.08 bits per heavy atom. The number of carbonyl (C=O) groups is 2. The molecule has 1 N–H and O–H groups in total. The Balaban J connectivity index is 0.00000208. The number of nitrogens with zero attached hydrogens (tertiary/aromatic N) is 2. The molecule has 2 amide bonds. The molecule has 0 aromatic heterocycles. The minimum absolute atomic E-state index is 0. The summed E-state index contributed by atoms with van der Waals surface area (Å²) in [6.07, 6.45) is 2.50. The van der Waals surface area contributed by atoms with Gasteiger partial charge in [0.15, 0.2) is 0 Å². The predicted octanol–water partition coefficient (Wildman–Crippen LogP) is 1.42. The minimum atomic E-state index is -0.300. The molecule has 1 saturated carbocycles. The summed E-state index contributed by atoms with van der Waals surface area (Å²) in [5.41, 5.74) is 0.768. The fourth-order valence-electron chi connectivity index (χ4n) is 2.76. The molecule has 1 heterocycles. The Labute approximate surface area is 147 Å². The topological polar surface area (TPSA) is 52.7 Å². The first-order valence-corrected chi connectivity index (χ1v) is 8.12. The van der Waals surface area contributed by atoms with Gasteiger partial charge in [-0.05, 0) is 43.0 Å². The fourth-order valence-corrected chi connectivity index (χ4v) is 2.76. The van der Waals surface area contributed by atoms with Gasteiger partial charge in [0.2, 0.25) is 11.8 Å². The van der Waals surface area contributed by atoms with Crippen molar-refractivity contribution in [2.45, 2.75) is 19.4 Å². The lowest BCUT2D eigenvalue weighted by atomic mass is 10.2. The number of hydrogen-bond acceptors (Lipinski definition) is 3. The number of halogens is 2. The van der Waals surface area contributed by atoms with Crippen molar-refractivity contribution < 1.29 is 14.0 Å². The van der Waals surface area contributed by atoms with E-state index in [0.29, 0.717) is 26.2 Å². The highest BCUT2D eigenvalue weighted by atomic mass is 35.5. The molecule has 0 spiro atoms. The van der Waals surface area contributed by atoms with E-state index in [1.54, 1.807) is 21.9 Å². The summed E-state index contributed by atoms with van der Waals surface area (Å²) in [6, 6.07) is 6.26. The lowest BCUT2D eigenvalue weighted by Crippen LogP contribution is -2.53. The Bertz CT molecular complexity index is 595. The molecule has 5 nitrogen and oxygen atoms in total. The smallest absolute Gasteiger partial charge is 0.242 e. The van der Waals surface area contributed by atoms with Gasteiger partial charge in [-0.25, -0.2) is 4.39 Å². The third-order valence-electron chi connectivity index (χ3n) is 4.34. The molecular weight excluding hydrogens is 333 g/mol. The van der Waals surface area contributed by atoms with Gasteiger partial charge in [-0.1, -0.05) is 12.1 Å². The van der Waals surface area contributed by atoms with Crippen LogP contribution >= 0.6 is 12.4 Å². The standard InChI is InChI=1S/C17H22FN3O2.ClH/c18-15-3-1-2-14(8-15)11-20-6-7-21(12-17(20)23)16(22)10-19-9-13-4-5-13;/h1-3,8,13,19H,4-7,9-12H2;1H. The second-order valence-corrected chi connectivity index (χ2v) is 6.33. The van der Waals surface area contributed by atoms with E-state index >= 15 is 0 Å². The number of carbonyl (C=O) groups excluding carboxylic acids is 2. The second kappa shape index (κ2) is 8.44. The van der Waals surface area contributed by atoms with Crippen LogP contribution in [0.4, 0.5) is 4.39 Å². The van der Waals surface area contributed by atoms with Crippen LogP contribution in [0.25, 0.3) is 0 Å². The van der Waals surface area contributed by atoms with Crippen molar-refractivity contribution in [1.82, 2.24) is 15.1 Å². The Morgan fingerprint density at radius 3 is 2.75 bits per heavy atom. The third kappa shape index (κ3) is 5.18. The number of nitrogens with one attached hydrogen (secondary N) is 1. The van der Waals surface area contributed by atoms with Crippen LogP contribution in [0, 0.1) is 11.7 Å². The minimum Gasteiger partial charge on any atom is -0.335 e. The van der Waals surface area contributed by atoms with Crippen LogP contribution in [0.3, 0.4) is 0 Å². The lowest BCUT2D eigenvalue weighted by Gasteiger charge is -2.34. The van der Waals surface area contributed by atoms with Gasteiger partial charge in [0.05, 0.1) is 13.1 Å². The average Bonchev–Trinajstić information content (AvgIpc) is 3.33. The van der Waals surface area contributed by atoms with Crippen molar-refractivity contribution in [3.05, 3.63) is 35.6 Å². The van der Waals surface area contributed by atoms with Crippen molar-refractivity contribution in [2.75, 3.05) is 32.7 Å². The molecule has 0 unspecified atom stereocenters. The molecule has 1 aliphatic carbocycles. The second-order valence-electron chi connectivity index (χ2n) is 6.33. The van der Waals surface area contributed by atoms with Gasteiger partial charge >= 0.3 is 0 Å². The number of piperazine rings is 1. The van der Waals surface area contributed by atoms with E-state index in [9.17, 15) is 14.0 Å². The maximum absolute atomic E-state index is 13.2. The zero-order chi connectivity index (χ0) is 16.2. The first kappa shape index (κ1) is 18.7. The van der Waals surface area contributed by atoms with Crippen LogP contribution in [0.5, 0.6) is 0 Å². The summed E-state index contributed by atoms with van der Waals surface area (Å²) in [4.78, 5) is 27.6. The Kier molecular flexibility index (Phi) is 6.57. The number of benzene rings is 1.